The number of halogens is 9. The van der Waals surface area contributed by atoms with Gasteiger partial charge in [0.15, 0.2) is 0 Å². The molecule has 135 heavy (non-hydrogen) atoms. The maximum atomic E-state index is 12.6. The first kappa shape index (κ1) is 126. The average molecular weight is 2270 g/mol. The number of nitrogens with two attached hydrogens (primary N) is 1. The number of carbonyl (C=O) groups is 4. The number of esters is 2. The Kier molecular flexibility index (Phi) is 72.7. The number of benzene rings is 13. The van der Waals surface area contributed by atoms with E-state index < -0.39 is 12.1 Å². The number of carbonyl (C=O) groups excluding carboxylic acids is 4. The van der Waals surface area contributed by atoms with Gasteiger partial charge in [0.05, 0.1) is 57.1 Å². The zero-order valence-corrected chi connectivity index (χ0v) is 91.5. The van der Waals surface area contributed by atoms with Crippen LogP contribution in [0.1, 0.15) is 141 Å². The number of hydrogen-bond donors (Lipinski definition) is 2. The minimum absolute atomic E-state index is 0. The number of nitrogens with one attached hydrogen (secondary N) is 1. The molecule has 26 heteroatoms. The number of nitriles is 5. The Morgan fingerprint density at radius 3 is 1.12 bits per heavy atom. The fourth-order valence-electron chi connectivity index (χ4n) is 11.3. The molecular weight excluding hydrogens is 2160 g/mol. The molecule has 1 aliphatic heterocycles. The number of unbranched alkanes of at least 4 members (excludes halogenated alkanes) is 1. The van der Waals surface area contributed by atoms with E-state index in [0.717, 1.165) is 109 Å². The summed E-state index contributed by atoms with van der Waals surface area (Å²) in [6, 6.07) is 117. The molecule has 1 heterocycles. The molecule has 0 saturated carbocycles. The molecule has 0 spiro atoms. The predicted molar refractivity (Wildman–Crippen MR) is 565 cm³/mol. The molecular formula is C109H108Br5Cl4Mg2MnN7O7. The number of aryl methyl sites for hydroxylation is 3. The topological polar surface area (TPSA) is 253 Å². The molecule has 1 aliphatic rings. The zero-order valence-electron chi connectivity index (χ0n) is 78.5. The molecule has 0 bridgehead atoms. The molecule has 14 nitrogen and oxygen atoms in total. The molecule has 14 rings (SSSR count). The first-order valence-corrected chi connectivity index (χ1v) is 51.4. The monoisotopic (exact) mass is 2260 g/mol. The molecule has 2 atom stereocenters. The van der Waals surface area contributed by atoms with Crippen LogP contribution < -0.4 is 28.0 Å². The number of anilines is 1. The van der Waals surface area contributed by atoms with Crippen molar-refractivity contribution in [1.29, 1.82) is 26.3 Å². The van der Waals surface area contributed by atoms with E-state index in [1.54, 1.807) is 48.5 Å². The molecule has 0 radical (unpaired) electrons. The maximum Gasteiger partial charge on any atom is 2.00 e. The number of rotatable bonds is 19. The molecule has 0 amide bonds. The van der Waals surface area contributed by atoms with Crippen LogP contribution in [0.3, 0.4) is 0 Å². The van der Waals surface area contributed by atoms with Gasteiger partial charge in [-0.2, -0.15) is 62.2 Å². The molecule has 1 saturated heterocycles. The summed E-state index contributed by atoms with van der Waals surface area (Å²) in [6.07, 6.45) is 5.85. The van der Waals surface area contributed by atoms with Gasteiger partial charge in [-0.25, -0.2) is 4.79 Å². The van der Waals surface area contributed by atoms with Crippen molar-refractivity contribution in [2.75, 3.05) is 18.5 Å². The van der Waals surface area contributed by atoms with Gasteiger partial charge in [-0.15, -0.1) is 0 Å². The minimum atomic E-state index is -0.534. The Bertz CT molecular complexity index is 5690. The van der Waals surface area contributed by atoms with E-state index in [1.807, 2.05) is 283 Å². The molecule has 695 valence electrons. The van der Waals surface area contributed by atoms with Crippen LogP contribution in [0.25, 0.3) is 44.5 Å². The van der Waals surface area contributed by atoms with E-state index in [2.05, 4.69) is 153 Å². The molecule has 13 aromatic rings. The zero-order chi connectivity index (χ0) is 97.1. The molecule has 0 aromatic heterocycles. The van der Waals surface area contributed by atoms with Crippen LogP contribution in [-0.2, 0) is 60.3 Å². The quantitative estimate of drug-likeness (QED) is 0.0191. The third kappa shape index (κ3) is 52.9. The van der Waals surface area contributed by atoms with Crippen LogP contribution in [0.15, 0.2) is 332 Å². The van der Waals surface area contributed by atoms with Crippen LogP contribution in [0.4, 0.5) is 5.69 Å². The number of aldehydes is 1. The first-order chi connectivity index (χ1) is 63.9. The summed E-state index contributed by atoms with van der Waals surface area (Å²) in [4.78, 5) is 44.5. The Labute approximate surface area is 900 Å². The molecule has 13 aromatic carbocycles. The molecule has 0 aliphatic carbocycles. The van der Waals surface area contributed by atoms with Crippen LogP contribution in [0, 0.1) is 95.3 Å². The Morgan fingerprint density at radius 2 is 0.822 bits per heavy atom. The summed E-state index contributed by atoms with van der Waals surface area (Å²) in [6.45, 7) is 18.5. The van der Waals surface area contributed by atoms with Gasteiger partial charge in [0, 0.05) is 68.9 Å². The Morgan fingerprint density at radius 1 is 0.489 bits per heavy atom. The van der Waals surface area contributed by atoms with Crippen molar-refractivity contribution in [2.45, 2.75) is 118 Å². The van der Waals surface area contributed by atoms with Gasteiger partial charge >= 0.3 is 91.4 Å². The second-order valence-electron chi connectivity index (χ2n) is 29.3. The van der Waals surface area contributed by atoms with Crippen molar-refractivity contribution >= 4 is 179 Å². The van der Waals surface area contributed by atoms with Crippen LogP contribution in [-0.4, -0.2) is 94.9 Å². The summed E-state index contributed by atoms with van der Waals surface area (Å²) in [7, 11) is 9.59. The van der Waals surface area contributed by atoms with Gasteiger partial charge in [0.2, 0.25) is 5.24 Å². The van der Waals surface area contributed by atoms with E-state index >= 15 is 0 Å². The first-order valence-electron chi connectivity index (χ1n) is 41.8. The van der Waals surface area contributed by atoms with E-state index in [4.69, 9.17) is 84.4 Å². The number of alkyl halides is 1. The summed E-state index contributed by atoms with van der Waals surface area (Å²) < 4.78 is 16.7. The van der Waals surface area contributed by atoms with Gasteiger partial charge in [-0.05, 0) is 178 Å². The van der Waals surface area contributed by atoms with Crippen molar-refractivity contribution in [3.63, 3.8) is 0 Å². The number of ether oxygens (including phenoxy) is 3. The smallest absolute Gasteiger partial charge is 1.00 e. The number of nitrogens with zero attached hydrogens (tertiary/aromatic N) is 5. The van der Waals surface area contributed by atoms with Crippen molar-refractivity contribution in [1.82, 2.24) is 0 Å². The second kappa shape index (κ2) is 77.9. The average Bonchev–Trinajstić information content (AvgIpc) is 1.24. The summed E-state index contributed by atoms with van der Waals surface area (Å²) >= 11 is 22.9. The molecule has 1 fully saturated rings. The van der Waals surface area contributed by atoms with E-state index in [-0.39, 0.29) is 115 Å². The predicted octanol–water partition coefficient (Wildman–Crippen LogP) is 26.8. The summed E-state index contributed by atoms with van der Waals surface area (Å²) in [5, 5.41) is 49.1. The van der Waals surface area contributed by atoms with E-state index in [9.17, 15) is 24.4 Å². The maximum absolute atomic E-state index is 12.6. The van der Waals surface area contributed by atoms with Gasteiger partial charge in [-0.1, -0.05) is 345 Å². The fourth-order valence-corrected chi connectivity index (χ4v) is 12.2. The van der Waals surface area contributed by atoms with Gasteiger partial charge in [0.1, 0.15) is 37.7 Å². The summed E-state index contributed by atoms with van der Waals surface area (Å²) in [5.41, 5.74) is 25.2. The Hall–Kier alpha value is -9.08. The van der Waals surface area contributed by atoms with Crippen molar-refractivity contribution in [3.8, 4) is 74.9 Å². The molecule has 3 N–H and O–H groups in total. The second-order valence-corrected chi connectivity index (χ2v) is 33.5. The Balaban J connectivity index is -0.00000149. The SMILES string of the molecule is BrBr.C1CCOC1.CC(C)C(N)C(=O)OCc1ccccc1.CC(C)C(Nc1ccc(-c2ccccc2C#N)cc1)C(=O)OCc1ccccc1.CCCCC(=O)Cl.Cc1cc[c-]cc1.Cc1ccc(-c2ccccc2C#N)cc1.Cc1ccc(Br)cc1.N#Cc1ccccc1-c1ccc(C=O)cc1.N#Cc1ccccc1-c1ccc(CBr)cc1.N#Cc1ccccc1Cl.[Br-].[Cl][Mn][Cl].[H-].[H-].[Mg+2].[Mg+2]. The largest absolute Gasteiger partial charge is 2.00 e. The van der Waals surface area contributed by atoms with Crippen molar-refractivity contribution < 1.29 is 66.4 Å². The van der Waals surface area contributed by atoms with Crippen LogP contribution in [0.5, 0.6) is 0 Å². The third-order valence-electron chi connectivity index (χ3n) is 18.7. The standard InChI is InChI=1S/C25H24N2O2.C14H10BrN.C14H9NO.C14H11N.C12H17NO2.C7H7Br.C7H4ClN.C7H7.C5H9ClO.C4H8O.Br2.BrH.2ClH.2Mg.Mn.2H/c1-18(2)24(25(28)29-17-19-8-4-3-5-9-19)27-22-14-12-20(13-15-22)23-11-7-6-10-21(23)16-26;15-9-11-5-7-12(8-6-11)14-4-2-1-3-13(14)10-16;15-9-13-3-1-2-4-14(13)12-7-5-11(10-16)6-8-12;1-11-6-8-12(9-7-11)14-5-3-2-4-13(14)10-15;1-9(2)11(13)12(14)15-8-10-6-4-3-5-7-10;1-6-2-4-7(8)5-3-6;8-7-4-2-1-3-6(7)5-9;1-7-5-3-2-4-6-7;1-2-3-4-5(6)7;1-2-4-5-3-1;1-2;;;;;;;;/h3-15,18,24,27H,17H2,1-2H3;1-8H,9H2;1-8,10H;2-9H,1H3;3-7,9,11H,8,13H2,1-2H3;2-5H,1H3;1-4H;3-6H,1H3;2-4H2,1H3;1-4H2;;3*1H;;;;;/q;;;;;;;-1;;;;;;;3*+2;2*-1/p-3. The third-order valence-corrected chi connectivity index (χ3v) is 20.3. The van der Waals surface area contributed by atoms with E-state index in [1.165, 1.54) is 35.1 Å². The summed E-state index contributed by atoms with van der Waals surface area (Å²) in [5.74, 6) is -0.442. The molecule has 2 unspecified atom stereocenters. The number of hydrogen-bond acceptors (Lipinski definition) is 14. The van der Waals surface area contributed by atoms with Crippen LogP contribution >= 0.6 is 104 Å². The van der Waals surface area contributed by atoms with E-state index in [0.29, 0.717) is 45.9 Å². The van der Waals surface area contributed by atoms with Gasteiger partial charge in [-0.3, -0.25) is 14.4 Å². The fraction of sp³-hybridized carbons (Fsp3) is 0.202. The van der Waals surface area contributed by atoms with Crippen molar-refractivity contribution in [2.24, 2.45) is 17.6 Å². The van der Waals surface area contributed by atoms with Gasteiger partial charge < -0.3 is 45.1 Å². The van der Waals surface area contributed by atoms with Gasteiger partial charge in [0.25, 0.3) is 0 Å². The normalized spacial score (nSPS) is 10.3. The van der Waals surface area contributed by atoms with Crippen molar-refractivity contribution in [3.05, 3.63) is 410 Å². The minimum Gasteiger partial charge on any atom is -1.00 e. The van der Waals surface area contributed by atoms with Crippen LogP contribution in [0.2, 0.25) is 5.02 Å².